The summed E-state index contributed by atoms with van der Waals surface area (Å²) in [5.41, 5.74) is 2.18. The molecule has 0 spiro atoms. The molecule has 19 heavy (non-hydrogen) atoms. The van der Waals surface area contributed by atoms with Gasteiger partial charge in [-0.25, -0.2) is 15.8 Å². The monoisotopic (exact) mass is 277 g/mol. The van der Waals surface area contributed by atoms with Crippen molar-refractivity contribution in [1.29, 1.82) is 0 Å². The number of rotatable bonds is 4. The summed E-state index contributed by atoms with van der Waals surface area (Å²) in [7, 11) is 0. The molecule has 0 unspecified atom stereocenters. The van der Waals surface area contributed by atoms with Crippen LogP contribution < -0.4 is 16.6 Å². The molecule has 0 fully saturated rings. The number of aromatic nitrogens is 2. The summed E-state index contributed by atoms with van der Waals surface area (Å²) in [6, 6.07) is 1.33. The van der Waals surface area contributed by atoms with Crippen LogP contribution in [0.2, 0.25) is 0 Å². The first-order valence-electron chi connectivity index (χ1n) is 5.78. The number of nitrogens with one attached hydrogen (secondary N) is 2. The first-order chi connectivity index (χ1) is 8.62. The number of nitrogens with two attached hydrogens (primary N) is 1. The Morgan fingerprint density at radius 1 is 1.16 bits per heavy atom. The van der Waals surface area contributed by atoms with E-state index >= 15 is 0 Å². The number of alkyl halides is 3. The summed E-state index contributed by atoms with van der Waals surface area (Å²) in [6.07, 6.45) is -3.81. The van der Waals surface area contributed by atoms with Crippen LogP contribution in [0, 0.1) is 5.41 Å². The Labute approximate surface area is 109 Å². The molecule has 0 radical (unpaired) electrons. The fourth-order valence-corrected chi connectivity index (χ4v) is 1.30. The molecule has 0 saturated carbocycles. The Balaban J connectivity index is 2.83. The SMILES string of the molecule is CC(C)(C)CCNc1cc(NN)nc(C(F)(F)F)n1. The van der Waals surface area contributed by atoms with E-state index in [0.717, 1.165) is 6.42 Å². The van der Waals surface area contributed by atoms with Crippen molar-refractivity contribution >= 4 is 11.6 Å². The van der Waals surface area contributed by atoms with E-state index in [0.29, 0.717) is 6.54 Å². The number of hydrogen-bond donors (Lipinski definition) is 3. The molecule has 1 aromatic rings. The van der Waals surface area contributed by atoms with E-state index in [1.54, 1.807) is 0 Å². The summed E-state index contributed by atoms with van der Waals surface area (Å²) < 4.78 is 37.7. The zero-order valence-corrected chi connectivity index (χ0v) is 11.1. The molecule has 0 aliphatic heterocycles. The highest BCUT2D eigenvalue weighted by Gasteiger charge is 2.35. The van der Waals surface area contributed by atoms with Crippen molar-refractivity contribution in [2.75, 3.05) is 17.3 Å². The summed E-state index contributed by atoms with van der Waals surface area (Å²) >= 11 is 0. The van der Waals surface area contributed by atoms with Crippen molar-refractivity contribution in [3.05, 3.63) is 11.9 Å². The fourth-order valence-electron chi connectivity index (χ4n) is 1.30. The van der Waals surface area contributed by atoms with Crippen LogP contribution in [-0.4, -0.2) is 16.5 Å². The predicted molar refractivity (Wildman–Crippen MR) is 67.4 cm³/mol. The number of hydrazine groups is 1. The third-order valence-electron chi connectivity index (χ3n) is 2.31. The molecular formula is C11H18F3N5. The standard InChI is InChI=1S/C11H18F3N5/c1-10(2,3)4-5-16-7-6-8(19-15)18-9(17-7)11(12,13)14/h6H,4-5,15H2,1-3H3,(H2,16,17,18,19). The van der Waals surface area contributed by atoms with Gasteiger partial charge in [-0.15, -0.1) is 0 Å². The van der Waals surface area contributed by atoms with Crippen LogP contribution in [0.25, 0.3) is 0 Å². The van der Waals surface area contributed by atoms with Crippen molar-refractivity contribution in [1.82, 2.24) is 9.97 Å². The Morgan fingerprint density at radius 2 is 1.74 bits per heavy atom. The van der Waals surface area contributed by atoms with E-state index in [4.69, 9.17) is 5.84 Å². The van der Waals surface area contributed by atoms with Gasteiger partial charge in [-0.2, -0.15) is 13.2 Å². The molecule has 8 heteroatoms. The normalized spacial score (nSPS) is 12.4. The van der Waals surface area contributed by atoms with Gasteiger partial charge in [0.2, 0.25) is 5.82 Å². The van der Waals surface area contributed by atoms with Crippen LogP contribution in [0.5, 0.6) is 0 Å². The first-order valence-corrected chi connectivity index (χ1v) is 5.78. The van der Waals surface area contributed by atoms with Crippen molar-refractivity contribution in [3.63, 3.8) is 0 Å². The zero-order chi connectivity index (χ0) is 14.7. The average Bonchev–Trinajstić information content (AvgIpc) is 2.25. The maximum atomic E-state index is 12.6. The second kappa shape index (κ2) is 5.60. The second-order valence-electron chi connectivity index (χ2n) is 5.34. The molecule has 0 amide bonds. The smallest absolute Gasteiger partial charge is 0.370 e. The third kappa shape index (κ3) is 5.29. The maximum absolute atomic E-state index is 12.6. The molecule has 5 nitrogen and oxygen atoms in total. The number of halogens is 3. The van der Waals surface area contributed by atoms with Gasteiger partial charge < -0.3 is 10.7 Å². The summed E-state index contributed by atoms with van der Waals surface area (Å²) in [5, 5.41) is 2.84. The molecule has 0 bridgehead atoms. The van der Waals surface area contributed by atoms with Gasteiger partial charge in [0.15, 0.2) is 0 Å². The molecule has 0 aliphatic rings. The van der Waals surface area contributed by atoms with Crippen LogP contribution in [-0.2, 0) is 6.18 Å². The summed E-state index contributed by atoms with van der Waals surface area (Å²) in [6.45, 7) is 6.65. The number of anilines is 2. The molecule has 0 atom stereocenters. The predicted octanol–water partition coefficient (Wildman–Crippen LogP) is 2.63. The number of nitrogens with zero attached hydrogens (tertiary/aromatic N) is 2. The minimum absolute atomic E-state index is 0.0828. The largest absolute Gasteiger partial charge is 0.451 e. The molecule has 0 aromatic carbocycles. The molecule has 4 N–H and O–H groups in total. The van der Waals surface area contributed by atoms with Crippen LogP contribution in [0.3, 0.4) is 0 Å². The fraction of sp³-hybridized carbons (Fsp3) is 0.636. The van der Waals surface area contributed by atoms with Crippen LogP contribution >= 0.6 is 0 Å². The van der Waals surface area contributed by atoms with Crippen molar-refractivity contribution < 1.29 is 13.2 Å². The zero-order valence-electron chi connectivity index (χ0n) is 11.1. The Bertz CT molecular complexity index is 425. The Morgan fingerprint density at radius 3 is 2.21 bits per heavy atom. The van der Waals surface area contributed by atoms with Gasteiger partial charge in [0, 0.05) is 12.6 Å². The van der Waals surface area contributed by atoms with Gasteiger partial charge >= 0.3 is 6.18 Å². The first kappa shape index (κ1) is 15.5. The minimum atomic E-state index is -4.60. The van der Waals surface area contributed by atoms with Crippen LogP contribution in [0.15, 0.2) is 6.07 Å². The molecule has 1 heterocycles. The van der Waals surface area contributed by atoms with E-state index in [-0.39, 0.29) is 17.1 Å². The Hall–Kier alpha value is -1.57. The summed E-state index contributed by atoms with van der Waals surface area (Å²) in [5.74, 6) is 3.89. The third-order valence-corrected chi connectivity index (χ3v) is 2.31. The lowest BCUT2D eigenvalue weighted by atomic mass is 9.92. The van der Waals surface area contributed by atoms with Gasteiger partial charge in [-0.05, 0) is 11.8 Å². The minimum Gasteiger partial charge on any atom is -0.370 e. The van der Waals surface area contributed by atoms with E-state index in [1.165, 1.54) is 6.07 Å². The highest BCUT2D eigenvalue weighted by Crippen LogP contribution is 2.28. The van der Waals surface area contributed by atoms with Crippen molar-refractivity contribution in [2.45, 2.75) is 33.4 Å². The van der Waals surface area contributed by atoms with E-state index in [1.807, 2.05) is 20.8 Å². The van der Waals surface area contributed by atoms with Crippen LogP contribution in [0.4, 0.5) is 24.8 Å². The Kier molecular flexibility index (Phi) is 4.56. The quantitative estimate of drug-likeness (QED) is 0.582. The van der Waals surface area contributed by atoms with Crippen molar-refractivity contribution in [3.8, 4) is 0 Å². The van der Waals surface area contributed by atoms with Crippen molar-refractivity contribution in [2.24, 2.45) is 11.3 Å². The lowest BCUT2D eigenvalue weighted by molar-refractivity contribution is -0.144. The van der Waals surface area contributed by atoms with Gasteiger partial charge in [0.1, 0.15) is 11.6 Å². The molecule has 0 saturated heterocycles. The molecule has 1 rings (SSSR count). The van der Waals surface area contributed by atoms with E-state index < -0.39 is 12.0 Å². The highest BCUT2D eigenvalue weighted by atomic mass is 19.4. The average molecular weight is 277 g/mol. The molecule has 1 aromatic heterocycles. The summed E-state index contributed by atoms with van der Waals surface area (Å²) in [4.78, 5) is 6.70. The highest BCUT2D eigenvalue weighted by molar-refractivity contribution is 5.47. The van der Waals surface area contributed by atoms with Gasteiger partial charge in [0.05, 0.1) is 0 Å². The second-order valence-corrected chi connectivity index (χ2v) is 5.34. The van der Waals surface area contributed by atoms with Gasteiger partial charge in [0.25, 0.3) is 0 Å². The van der Waals surface area contributed by atoms with E-state index in [2.05, 4.69) is 20.7 Å². The van der Waals surface area contributed by atoms with Gasteiger partial charge in [-0.3, -0.25) is 0 Å². The van der Waals surface area contributed by atoms with Crippen LogP contribution in [0.1, 0.15) is 33.0 Å². The molecule has 0 aliphatic carbocycles. The van der Waals surface area contributed by atoms with E-state index in [9.17, 15) is 13.2 Å². The maximum Gasteiger partial charge on any atom is 0.451 e. The number of hydrogen-bond acceptors (Lipinski definition) is 5. The van der Waals surface area contributed by atoms with Gasteiger partial charge in [-0.1, -0.05) is 20.8 Å². The lowest BCUT2D eigenvalue weighted by Gasteiger charge is -2.18. The lowest BCUT2D eigenvalue weighted by Crippen LogP contribution is -2.18. The number of nitrogen functional groups attached to an aromatic ring is 1. The molecular weight excluding hydrogens is 259 g/mol. The molecule has 108 valence electrons. The topological polar surface area (TPSA) is 75.9 Å².